The minimum absolute atomic E-state index is 0.228. The van der Waals surface area contributed by atoms with E-state index >= 15 is 0 Å². The summed E-state index contributed by atoms with van der Waals surface area (Å²) in [7, 11) is 4.44. The molecule has 8 nitrogen and oxygen atoms in total. The number of nitrogens with one attached hydrogen (secondary N) is 1. The maximum Gasteiger partial charge on any atom is 0.339 e. The van der Waals surface area contributed by atoms with E-state index in [0.29, 0.717) is 34.0 Å². The lowest BCUT2D eigenvalue weighted by Gasteiger charge is -2.42. The molecular weight excluding hydrogens is 508 g/mol. The number of amides is 2. The fourth-order valence-corrected chi connectivity index (χ4v) is 5.08. The van der Waals surface area contributed by atoms with Crippen LogP contribution in [0, 0.1) is 0 Å². The lowest BCUT2D eigenvalue weighted by molar-refractivity contribution is -0.118. The van der Waals surface area contributed by atoms with E-state index < -0.39 is 17.9 Å². The van der Waals surface area contributed by atoms with Gasteiger partial charge in [-0.05, 0) is 65.7 Å². The number of ether oxygens (including phenoxy) is 3. The van der Waals surface area contributed by atoms with Gasteiger partial charge in [0.2, 0.25) is 5.91 Å². The molecule has 1 heterocycles. The summed E-state index contributed by atoms with van der Waals surface area (Å²) in [6.45, 7) is 0. The van der Waals surface area contributed by atoms with E-state index in [1.807, 2.05) is 18.2 Å². The molecule has 0 saturated heterocycles. The molecule has 8 heteroatoms. The van der Waals surface area contributed by atoms with Gasteiger partial charge < -0.3 is 19.5 Å². The van der Waals surface area contributed by atoms with Gasteiger partial charge in [0, 0.05) is 11.3 Å². The fraction of sp³-hybridized carbons (Fsp3) is 0.156. The minimum atomic E-state index is -0.824. The number of benzene rings is 4. The fourth-order valence-electron chi connectivity index (χ4n) is 5.08. The number of hydrogen-bond donors (Lipinski definition) is 1. The molecule has 0 unspecified atom stereocenters. The Kier molecular flexibility index (Phi) is 7.50. The van der Waals surface area contributed by atoms with Crippen molar-refractivity contribution in [2.45, 2.75) is 12.0 Å². The molecule has 1 aliphatic rings. The van der Waals surface area contributed by atoms with E-state index in [0.717, 1.165) is 5.56 Å². The van der Waals surface area contributed by atoms with E-state index in [-0.39, 0.29) is 17.4 Å². The van der Waals surface area contributed by atoms with E-state index in [9.17, 15) is 14.4 Å². The minimum Gasteiger partial charge on any atom is -0.497 e. The van der Waals surface area contributed by atoms with Crippen LogP contribution in [-0.2, 0) is 9.53 Å². The molecule has 0 radical (unpaired) electrons. The largest absolute Gasteiger partial charge is 0.497 e. The van der Waals surface area contributed by atoms with E-state index in [4.69, 9.17) is 14.2 Å². The van der Waals surface area contributed by atoms with Crippen molar-refractivity contribution in [2.75, 3.05) is 31.5 Å². The van der Waals surface area contributed by atoms with Gasteiger partial charge in [0.15, 0.2) is 0 Å². The zero-order valence-electron chi connectivity index (χ0n) is 22.3. The summed E-state index contributed by atoms with van der Waals surface area (Å²) in [4.78, 5) is 42.4. The van der Waals surface area contributed by atoms with Crippen molar-refractivity contribution in [1.29, 1.82) is 0 Å². The van der Waals surface area contributed by atoms with Gasteiger partial charge in [0.25, 0.3) is 5.91 Å². The van der Waals surface area contributed by atoms with Gasteiger partial charge >= 0.3 is 5.97 Å². The summed E-state index contributed by atoms with van der Waals surface area (Å²) in [5, 5.41) is 2.94. The summed E-state index contributed by atoms with van der Waals surface area (Å²) in [5.74, 6) is -0.716. The van der Waals surface area contributed by atoms with Gasteiger partial charge in [-0.2, -0.15) is 0 Å². The van der Waals surface area contributed by atoms with Crippen molar-refractivity contribution in [1.82, 2.24) is 0 Å². The van der Waals surface area contributed by atoms with Crippen molar-refractivity contribution in [3.05, 3.63) is 119 Å². The second-order valence-corrected chi connectivity index (χ2v) is 9.18. The Morgan fingerprint density at radius 1 is 0.750 bits per heavy atom. The van der Waals surface area contributed by atoms with Gasteiger partial charge in [0.05, 0.1) is 44.5 Å². The van der Waals surface area contributed by atoms with Gasteiger partial charge in [-0.25, -0.2) is 4.79 Å². The van der Waals surface area contributed by atoms with E-state index in [2.05, 4.69) is 5.32 Å². The number of fused-ring (bicyclic) bond motifs is 1. The van der Waals surface area contributed by atoms with Crippen LogP contribution in [0.5, 0.6) is 11.5 Å². The first-order valence-corrected chi connectivity index (χ1v) is 12.7. The highest BCUT2D eigenvalue weighted by atomic mass is 16.5. The number of nitrogens with zero attached hydrogens (tertiary/aromatic N) is 1. The normalized spacial score (nSPS) is 16.1. The summed E-state index contributed by atoms with van der Waals surface area (Å²) >= 11 is 0. The zero-order chi connectivity index (χ0) is 28.2. The number of carbonyl (C=O) groups is 3. The molecule has 1 aliphatic heterocycles. The van der Waals surface area contributed by atoms with Crippen LogP contribution in [0.4, 0.5) is 11.4 Å². The number of rotatable bonds is 7. The van der Waals surface area contributed by atoms with Crippen LogP contribution in [0.3, 0.4) is 0 Å². The van der Waals surface area contributed by atoms with Gasteiger partial charge in [0.1, 0.15) is 11.5 Å². The second-order valence-electron chi connectivity index (χ2n) is 9.18. The second kappa shape index (κ2) is 11.3. The molecule has 4 aromatic rings. The number of esters is 1. The predicted octanol–water partition coefficient (Wildman–Crippen LogP) is 5.61. The first-order valence-electron chi connectivity index (χ1n) is 12.7. The smallest absolute Gasteiger partial charge is 0.339 e. The highest BCUT2D eigenvalue weighted by Crippen LogP contribution is 2.46. The third-order valence-electron chi connectivity index (χ3n) is 7.02. The third-order valence-corrected chi connectivity index (χ3v) is 7.02. The third kappa shape index (κ3) is 4.87. The quantitative estimate of drug-likeness (QED) is 0.309. The van der Waals surface area contributed by atoms with E-state index in [1.165, 1.54) is 7.11 Å². The van der Waals surface area contributed by atoms with Crippen LogP contribution < -0.4 is 19.7 Å². The number of para-hydroxylation sites is 1. The molecule has 0 bridgehead atoms. The van der Waals surface area contributed by atoms with Gasteiger partial charge in [-0.3, -0.25) is 14.5 Å². The molecule has 0 fully saturated rings. The summed E-state index contributed by atoms with van der Waals surface area (Å²) in [6, 6.07) is 27.5. The van der Waals surface area contributed by atoms with Crippen LogP contribution in [0.2, 0.25) is 0 Å². The monoisotopic (exact) mass is 536 g/mol. The molecule has 0 aliphatic carbocycles. The SMILES string of the molecule is COC(=O)c1ccccc1NC(=O)[C@H]1c2ccccc2C(=O)N(c2ccc(OC)cc2)[C@H]1c1ccc(OC)cc1. The maximum atomic E-state index is 14.2. The highest BCUT2D eigenvalue weighted by Gasteiger charge is 2.45. The number of anilines is 2. The van der Waals surface area contributed by atoms with Gasteiger partial charge in [-0.1, -0.05) is 42.5 Å². The molecule has 0 aromatic heterocycles. The molecule has 202 valence electrons. The summed E-state index contributed by atoms with van der Waals surface area (Å²) in [6.07, 6.45) is 0. The van der Waals surface area contributed by atoms with Gasteiger partial charge in [-0.15, -0.1) is 0 Å². The zero-order valence-corrected chi connectivity index (χ0v) is 22.3. The Morgan fingerprint density at radius 2 is 1.35 bits per heavy atom. The molecule has 4 aromatic carbocycles. The predicted molar refractivity (Wildman–Crippen MR) is 151 cm³/mol. The van der Waals surface area contributed by atoms with Crippen LogP contribution in [0.15, 0.2) is 97.1 Å². The number of methoxy groups -OCH3 is 3. The van der Waals surface area contributed by atoms with Crippen molar-refractivity contribution in [2.24, 2.45) is 0 Å². The van der Waals surface area contributed by atoms with E-state index in [1.54, 1.807) is 98.0 Å². The van der Waals surface area contributed by atoms with Crippen LogP contribution >= 0.6 is 0 Å². The van der Waals surface area contributed by atoms with Crippen molar-refractivity contribution in [3.8, 4) is 11.5 Å². The highest BCUT2D eigenvalue weighted by molar-refractivity contribution is 6.13. The topological polar surface area (TPSA) is 94.2 Å². The first kappa shape index (κ1) is 26.5. The molecule has 0 spiro atoms. The summed E-state index contributed by atoms with van der Waals surface area (Å²) in [5.41, 5.74) is 2.90. The van der Waals surface area contributed by atoms with Crippen LogP contribution in [-0.4, -0.2) is 39.1 Å². The summed E-state index contributed by atoms with van der Waals surface area (Å²) < 4.78 is 15.6. The Hall–Kier alpha value is -5.11. The average Bonchev–Trinajstić information content (AvgIpc) is 3.01. The first-order chi connectivity index (χ1) is 19.5. The van der Waals surface area contributed by atoms with Crippen LogP contribution in [0.1, 0.15) is 43.8 Å². The molecule has 2 amide bonds. The molecule has 1 N–H and O–H groups in total. The maximum absolute atomic E-state index is 14.2. The molecule has 40 heavy (non-hydrogen) atoms. The Bertz CT molecular complexity index is 1550. The number of hydrogen-bond acceptors (Lipinski definition) is 6. The molecule has 2 atom stereocenters. The molecule has 0 saturated carbocycles. The van der Waals surface area contributed by atoms with Crippen molar-refractivity contribution in [3.63, 3.8) is 0 Å². The van der Waals surface area contributed by atoms with Crippen LogP contribution in [0.25, 0.3) is 0 Å². The lowest BCUT2D eigenvalue weighted by atomic mass is 9.78. The molecule has 5 rings (SSSR count). The van der Waals surface area contributed by atoms with Crippen molar-refractivity contribution >= 4 is 29.2 Å². The Balaban J connectivity index is 1.68. The standard InChI is InChI=1S/C32H28N2O6/c1-38-22-16-12-20(13-17-22)29-28(30(35)33-27-11-7-6-10-26(27)32(37)40-3)24-8-4-5-9-25(24)31(36)34(29)21-14-18-23(39-2)19-15-21/h4-19,28-29H,1-3H3,(H,33,35)/t28-,29-/m0/s1. The molecular formula is C32H28N2O6. The number of carbonyl (C=O) groups excluding carboxylic acids is 3. The average molecular weight is 537 g/mol. The van der Waals surface area contributed by atoms with Crippen molar-refractivity contribution < 1.29 is 28.6 Å². The Morgan fingerprint density at radius 3 is 2.00 bits per heavy atom. The lowest BCUT2D eigenvalue weighted by Crippen LogP contribution is -2.46. The Labute approximate surface area is 232 Å².